The quantitative estimate of drug-likeness (QED) is 0.508. The molecule has 1 atom stereocenters. The Morgan fingerprint density at radius 3 is 2.57 bits per heavy atom. The fourth-order valence-electron chi connectivity index (χ4n) is 2.46. The van der Waals surface area contributed by atoms with Gasteiger partial charge in [-0.3, -0.25) is 4.79 Å². The van der Waals surface area contributed by atoms with E-state index in [9.17, 15) is 4.79 Å². The Balaban J connectivity index is 1.73. The third kappa shape index (κ3) is 4.80. The number of nitrogens with one attached hydrogen (secondary N) is 1. The number of furan rings is 1. The van der Waals surface area contributed by atoms with Crippen molar-refractivity contribution in [3.8, 4) is 17.1 Å². The van der Waals surface area contributed by atoms with E-state index in [1.807, 2.05) is 0 Å². The van der Waals surface area contributed by atoms with Crippen LogP contribution >= 0.6 is 34.8 Å². The second kappa shape index (κ2) is 8.88. The number of rotatable bonds is 6. The first-order chi connectivity index (χ1) is 13.4. The monoisotopic (exact) mass is 439 g/mol. The van der Waals surface area contributed by atoms with Crippen LogP contribution in [0.25, 0.3) is 11.3 Å². The maximum Gasteiger partial charge on any atom is 0.265 e. The highest BCUT2D eigenvalue weighted by Gasteiger charge is 2.18. The molecular weight excluding hydrogens is 425 g/mol. The molecule has 0 aliphatic rings. The minimum Gasteiger partial charge on any atom is -0.479 e. The standard InChI is InChI=1S/C20H16Cl3NO4/c1-11(27-19-6-2-12(21)8-17(19)23)20(26)24-13-3-5-16(22)15(9-13)18-7-4-14(10-25)28-18/h2-9,11,25H,10H2,1H3,(H,24,26)/t11-/m0/s1. The number of carbonyl (C=O) groups excluding carboxylic acids is 1. The van der Waals surface area contributed by atoms with Crippen LogP contribution in [0.5, 0.6) is 5.75 Å². The van der Waals surface area contributed by atoms with E-state index in [1.165, 1.54) is 0 Å². The van der Waals surface area contributed by atoms with Crippen molar-refractivity contribution in [2.45, 2.75) is 19.6 Å². The molecule has 8 heteroatoms. The Labute approximate surface area is 176 Å². The summed E-state index contributed by atoms with van der Waals surface area (Å²) in [5, 5.41) is 13.2. The number of anilines is 1. The lowest BCUT2D eigenvalue weighted by Gasteiger charge is -2.16. The Kier molecular flexibility index (Phi) is 6.52. The van der Waals surface area contributed by atoms with Crippen LogP contribution in [0.15, 0.2) is 52.9 Å². The van der Waals surface area contributed by atoms with Gasteiger partial charge in [-0.05, 0) is 55.5 Å². The lowest BCUT2D eigenvalue weighted by molar-refractivity contribution is -0.122. The zero-order valence-electron chi connectivity index (χ0n) is 14.7. The van der Waals surface area contributed by atoms with Gasteiger partial charge in [0.1, 0.15) is 23.9 Å². The van der Waals surface area contributed by atoms with Gasteiger partial charge in [-0.2, -0.15) is 0 Å². The third-order valence-corrected chi connectivity index (χ3v) is 4.74. The molecule has 5 nitrogen and oxygen atoms in total. The molecule has 0 aliphatic heterocycles. The fraction of sp³-hybridized carbons (Fsp3) is 0.150. The van der Waals surface area contributed by atoms with E-state index in [2.05, 4.69) is 5.32 Å². The van der Waals surface area contributed by atoms with Crippen molar-refractivity contribution >= 4 is 46.4 Å². The van der Waals surface area contributed by atoms with Gasteiger partial charge in [0.25, 0.3) is 5.91 Å². The van der Waals surface area contributed by atoms with Gasteiger partial charge in [0.15, 0.2) is 6.10 Å². The summed E-state index contributed by atoms with van der Waals surface area (Å²) in [5.41, 5.74) is 1.11. The highest BCUT2D eigenvalue weighted by atomic mass is 35.5. The molecule has 0 aliphatic carbocycles. The molecule has 0 saturated heterocycles. The molecule has 0 fully saturated rings. The van der Waals surface area contributed by atoms with Gasteiger partial charge in [-0.1, -0.05) is 34.8 Å². The Hall–Kier alpha value is -2.18. The van der Waals surface area contributed by atoms with E-state index in [0.717, 1.165) is 0 Å². The number of carbonyl (C=O) groups is 1. The van der Waals surface area contributed by atoms with Crippen molar-refractivity contribution in [2.24, 2.45) is 0 Å². The van der Waals surface area contributed by atoms with Crippen LogP contribution in [0.4, 0.5) is 5.69 Å². The molecule has 1 aromatic heterocycles. The van der Waals surface area contributed by atoms with Crippen molar-refractivity contribution in [3.05, 3.63) is 69.4 Å². The van der Waals surface area contributed by atoms with Crippen LogP contribution in [0, 0.1) is 0 Å². The lowest BCUT2D eigenvalue weighted by Crippen LogP contribution is -2.30. The number of hydrogen-bond donors (Lipinski definition) is 2. The SMILES string of the molecule is C[C@H](Oc1ccc(Cl)cc1Cl)C(=O)Nc1ccc(Cl)c(-c2ccc(CO)o2)c1. The van der Waals surface area contributed by atoms with Gasteiger partial charge in [0.2, 0.25) is 0 Å². The van der Waals surface area contributed by atoms with E-state index in [1.54, 1.807) is 55.5 Å². The first-order valence-corrected chi connectivity index (χ1v) is 9.43. The predicted octanol–water partition coefficient (Wildman–Crippen LogP) is 5.81. The molecule has 0 radical (unpaired) electrons. The number of benzene rings is 2. The normalized spacial score (nSPS) is 11.9. The molecule has 0 unspecified atom stereocenters. The van der Waals surface area contributed by atoms with Crippen molar-refractivity contribution < 1.29 is 19.1 Å². The predicted molar refractivity (Wildman–Crippen MR) is 110 cm³/mol. The van der Waals surface area contributed by atoms with E-state index in [-0.39, 0.29) is 12.5 Å². The molecular formula is C20H16Cl3NO4. The molecule has 1 amide bonds. The van der Waals surface area contributed by atoms with E-state index >= 15 is 0 Å². The Morgan fingerprint density at radius 2 is 1.89 bits per heavy atom. The summed E-state index contributed by atoms with van der Waals surface area (Å²) in [6.07, 6.45) is -0.803. The summed E-state index contributed by atoms with van der Waals surface area (Å²) in [6, 6.07) is 13.1. The molecule has 3 rings (SSSR count). The second-order valence-corrected chi connectivity index (χ2v) is 7.19. The highest BCUT2D eigenvalue weighted by molar-refractivity contribution is 6.35. The number of halogens is 3. The third-order valence-electron chi connectivity index (χ3n) is 3.88. The second-order valence-electron chi connectivity index (χ2n) is 5.94. The van der Waals surface area contributed by atoms with Gasteiger partial charge in [-0.25, -0.2) is 0 Å². The summed E-state index contributed by atoms with van der Waals surface area (Å²) in [5.74, 6) is 0.900. The molecule has 2 N–H and O–H groups in total. The van der Waals surface area contributed by atoms with Crippen molar-refractivity contribution in [1.29, 1.82) is 0 Å². The van der Waals surface area contributed by atoms with Gasteiger partial charge >= 0.3 is 0 Å². The van der Waals surface area contributed by atoms with Crippen molar-refractivity contribution in [1.82, 2.24) is 0 Å². The van der Waals surface area contributed by atoms with Gasteiger partial charge in [-0.15, -0.1) is 0 Å². The summed E-state index contributed by atoms with van der Waals surface area (Å²) in [6.45, 7) is 1.40. The number of aliphatic hydroxyl groups is 1. The average molecular weight is 441 g/mol. The van der Waals surface area contributed by atoms with Gasteiger partial charge < -0.3 is 19.6 Å². The molecule has 3 aromatic rings. The van der Waals surface area contributed by atoms with Crippen LogP contribution in [0.3, 0.4) is 0 Å². The first kappa shape index (κ1) is 20.6. The summed E-state index contributed by atoms with van der Waals surface area (Å²) < 4.78 is 11.1. The fourth-order valence-corrected chi connectivity index (χ4v) is 3.12. The van der Waals surface area contributed by atoms with Crippen molar-refractivity contribution in [2.75, 3.05) is 5.32 Å². The minimum atomic E-state index is -0.803. The van der Waals surface area contributed by atoms with E-state index < -0.39 is 6.10 Å². The lowest BCUT2D eigenvalue weighted by atomic mass is 10.1. The molecule has 0 spiro atoms. The van der Waals surface area contributed by atoms with Crippen molar-refractivity contribution in [3.63, 3.8) is 0 Å². The topological polar surface area (TPSA) is 71.7 Å². The summed E-state index contributed by atoms with van der Waals surface area (Å²) in [7, 11) is 0. The Morgan fingerprint density at radius 1 is 1.11 bits per heavy atom. The number of amides is 1. The van der Waals surface area contributed by atoms with E-state index in [0.29, 0.717) is 43.6 Å². The van der Waals surface area contributed by atoms with Crippen LogP contribution in [-0.2, 0) is 11.4 Å². The smallest absolute Gasteiger partial charge is 0.265 e. The molecule has 0 bridgehead atoms. The average Bonchev–Trinajstić information content (AvgIpc) is 3.14. The summed E-state index contributed by atoms with van der Waals surface area (Å²) >= 11 is 18.2. The van der Waals surface area contributed by atoms with Gasteiger partial charge in [0.05, 0.1) is 10.0 Å². The summed E-state index contributed by atoms with van der Waals surface area (Å²) in [4.78, 5) is 12.5. The van der Waals surface area contributed by atoms with Crippen LogP contribution in [0.2, 0.25) is 15.1 Å². The van der Waals surface area contributed by atoms with E-state index in [4.69, 9.17) is 49.1 Å². The molecule has 0 saturated carbocycles. The number of ether oxygens (including phenoxy) is 1. The van der Waals surface area contributed by atoms with Crippen LogP contribution in [-0.4, -0.2) is 17.1 Å². The van der Waals surface area contributed by atoms with Gasteiger partial charge in [0, 0.05) is 16.3 Å². The molecule has 28 heavy (non-hydrogen) atoms. The molecule has 1 heterocycles. The highest BCUT2D eigenvalue weighted by Crippen LogP contribution is 2.32. The maximum absolute atomic E-state index is 12.5. The largest absolute Gasteiger partial charge is 0.479 e. The number of aliphatic hydroxyl groups excluding tert-OH is 1. The minimum absolute atomic E-state index is 0.212. The van der Waals surface area contributed by atoms with Crippen LogP contribution in [0.1, 0.15) is 12.7 Å². The zero-order valence-corrected chi connectivity index (χ0v) is 17.0. The maximum atomic E-state index is 12.5. The Bertz CT molecular complexity index is 1000. The number of hydrogen-bond acceptors (Lipinski definition) is 4. The zero-order chi connectivity index (χ0) is 20.3. The molecule has 2 aromatic carbocycles. The first-order valence-electron chi connectivity index (χ1n) is 8.29. The van der Waals surface area contributed by atoms with Crippen LogP contribution < -0.4 is 10.1 Å². The molecule has 146 valence electrons.